The number of rotatable bonds is 6. The van der Waals surface area contributed by atoms with Gasteiger partial charge < -0.3 is 0 Å². The third-order valence-corrected chi connectivity index (χ3v) is 5.43. The van der Waals surface area contributed by atoms with E-state index in [1.165, 1.54) is 6.07 Å². The molecule has 0 saturated heterocycles. The topological polar surface area (TPSA) is 107 Å². The summed E-state index contributed by atoms with van der Waals surface area (Å²) in [6.45, 7) is 0. The van der Waals surface area contributed by atoms with E-state index in [0.29, 0.717) is 16.8 Å². The fraction of sp³-hybridized carbons (Fsp3) is 0.0476. The van der Waals surface area contributed by atoms with Gasteiger partial charge in [0.2, 0.25) is 10.0 Å². The molecule has 30 heavy (non-hydrogen) atoms. The third-order valence-electron chi connectivity index (χ3n) is 4.22. The molecule has 0 bridgehead atoms. The first kappa shape index (κ1) is 19.5. The lowest BCUT2D eigenvalue weighted by atomic mass is 10.2. The minimum absolute atomic E-state index is 0.00161. The van der Waals surface area contributed by atoms with Crippen LogP contribution in [0.15, 0.2) is 85.5 Å². The molecule has 1 N–H and O–H groups in total. The van der Waals surface area contributed by atoms with Crippen LogP contribution in [0.4, 0.5) is 0 Å². The summed E-state index contributed by atoms with van der Waals surface area (Å²) in [7, 11) is -3.85. The summed E-state index contributed by atoms with van der Waals surface area (Å²) in [5, 5.41) is 4.28. The Morgan fingerprint density at radius 2 is 1.80 bits per heavy atom. The summed E-state index contributed by atoms with van der Waals surface area (Å²) in [5.41, 5.74) is 2.55. The predicted octanol–water partition coefficient (Wildman–Crippen LogP) is 2.59. The Morgan fingerprint density at radius 1 is 0.967 bits per heavy atom. The van der Waals surface area contributed by atoms with Gasteiger partial charge >= 0.3 is 0 Å². The van der Waals surface area contributed by atoms with E-state index >= 15 is 0 Å². The molecule has 9 heteroatoms. The van der Waals surface area contributed by atoms with Crippen molar-refractivity contribution < 1.29 is 13.2 Å². The van der Waals surface area contributed by atoms with Crippen molar-refractivity contribution in [2.24, 2.45) is 0 Å². The van der Waals surface area contributed by atoms with Gasteiger partial charge in [-0.25, -0.2) is 22.8 Å². The summed E-state index contributed by atoms with van der Waals surface area (Å²) in [6.07, 6.45) is 6.71. The lowest BCUT2D eigenvalue weighted by Gasteiger charge is -2.07. The Bertz CT molecular complexity index is 1270. The maximum absolute atomic E-state index is 12.5. The van der Waals surface area contributed by atoms with Gasteiger partial charge in [0.15, 0.2) is 0 Å². The molecule has 3 aromatic heterocycles. The van der Waals surface area contributed by atoms with Crippen LogP contribution in [0.3, 0.4) is 0 Å². The fourth-order valence-electron chi connectivity index (χ4n) is 2.83. The standard InChI is InChI=1S/C21H17N5O3S/c27-21(25-30(28,29)15-16-6-2-1-3-7-16)20-10-4-9-19(24-20)17-12-23-26(14-17)18-8-5-11-22-13-18/h1-14H,15H2,(H,25,27). The molecule has 1 aromatic carbocycles. The first-order valence-corrected chi connectivity index (χ1v) is 10.7. The number of aromatic nitrogens is 4. The van der Waals surface area contributed by atoms with Gasteiger partial charge in [0.05, 0.1) is 29.5 Å². The number of nitrogens with one attached hydrogen (secondary N) is 1. The van der Waals surface area contributed by atoms with Gasteiger partial charge in [0.1, 0.15) is 5.69 Å². The van der Waals surface area contributed by atoms with E-state index in [9.17, 15) is 13.2 Å². The molecule has 0 saturated carbocycles. The van der Waals surface area contributed by atoms with E-state index in [0.717, 1.165) is 5.69 Å². The van der Waals surface area contributed by atoms with Crippen molar-refractivity contribution in [1.82, 2.24) is 24.5 Å². The van der Waals surface area contributed by atoms with Crippen molar-refractivity contribution in [3.05, 3.63) is 96.7 Å². The van der Waals surface area contributed by atoms with E-state index in [1.54, 1.807) is 78.0 Å². The third kappa shape index (κ3) is 4.58. The fourth-order valence-corrected chi connectivity index (χ4v) is 3.92. The van der Waals surface area contributed by atoms with E-state index in [4.69, 9.17) is 0 Å². The van der Waals surface area contributed by atoms with Gasteiger partial charge in [-0.15, -0.1) is 0 Å². The SMILES string of the molecule is O=C(NS(=O)(=O)Cc1ccccc1)c1cccc(-c2cnn(-c3cccnc3)c2)n1. The minimum Gasteiger partial charge on any atom is -0.266 e. The van der Waals surface area contributed by atoms with Gasteiger partial charge in [-0.3, -0.25) is 9.78 Å². The number of carbonyl (C=O) groups excluding carboxylic acids is 1. The second kappa shape index (κ2) is 8.26. The summed E-state index contributed by atoms with van der Waals surface area (Å²) in [4.78, 5) is 20.8. The van der Waals surface area contributed by atoms with E-state index in [2.05, 4.69) is 19.8 Å². The van der Waals surface area contributed by atoms with Crippen molar-refractivity contribution >= 4 is 15.9 Å². The lowest BCUT2D eigenvalue weighted by molar-refractivity contribution is 0.0976. The molecule has 0 aliphatic rings. The highest BCUT2D eigenvalue weighted by atomic mass is 32.2. The Hall–Kier alpha value is -3.85. The lowest BCUT2D eigenvalue weighted by Crippen LogP contribution is -2.32. The normalized spacial score (nSPS) is 11.2. The number of nitrogens with zero attached hydrogens (tertiary/aromatic N) is 4. The molecule has 150 valence electrons. The second-order valence-corrected chi connectivity index (χ2v) is 8.19. The average Bonchev–Trinajstić information content (AvgIpc) is 3.25. The van der Waals surface area contributed by atoms with Gasteiger partial charge in [0.25, 0.3) is 5.91 Å². The van der Waals surface area contributed by atoms with Crippen molar-refractivity contribution in [2.75, 3.05) is 0 Å². The molecular formula is C21H17N5O3S. The molecule has 0 aliphatic heterocycles. The number of hydrogen-bond donors (Lipinski definition) is 1. The zero-order chi connectivity index (χ0) is 21.0. The van der Waals surface area contributed by atoms with Gasteiger partial charge in [-0.2, -0.15) is 5.10 Å². The molecule has 0 aliphatic carbocycles. The molecular weight excluding hydrogens is 402 g/mol. The first-order valence-electron chi connectivity index (χ1n) is 9.01. The second-order valence-electron chi connectivity index (χ2n) is 6.47. The largest absolute Gasteiger partial charge is 0.283 e. The Labute approximate surface area is 173 Å². The molecule has 3 heterocycles. The summed E-state index contributed by atoms with van der Waals surface area (Å²) in [5.74, 6) is -1.08. The molecule has 8 nitrogen and oxygen atoms in total. The Morgan fingerprint density at radius 3 is 2.57 bits per heavy atom. The minimum atomic E-state index is -3.85. The summed E-state index contributed by atoms with van der Waals surface area (Å²) in [6, 6.07) is 17.1. The van der Waals surface area contributed by atoms with Crippen molar-refractivity contribution in [3.63, 3.8) is 0 Å². The molecule has 0 spiro atoms. The number of hydrogen-bond acceptors (Lipinski definition) is 6. The molecule has 0 radical (unpaired) electrons. The van der Waals surface area contributed by atoms with E-state index in [-0.39, 0.29) is 11.4 Å². The highest BCUT2D eigenvalue weighted by molar-refractivity contribution is 7.89. The molecule has 0 unspecified atom stereocenters. The monoisotopic (exact) mass is 419 g/mol. The molecule has 4 rings (SSSR count). The quantitative estimate of drug-likeness (QED) is 0.515. The van der Waals surface area contributed by atoms with Crippen molar-refractivity contribution in [2.45, 2.75) is 5.75 Å². The Kier molecular flexibility index (Phi) is 5.36. The van der Waals surface area contributed by atoms with Crippen LogP contribution >= 0.6 is 0 Å². The number of sulfonamides is 1. The van der Waals surface area contributed by atoms with Crippen LogP contribution in [0.25, 0.3) is 16.9 Å². The van der Waals surface area contributed by atoms with E-state index in [1.807, 2.05) is 6.07 Å². The smallest absolute Gasteiger partial charge is 0.266 e. The van der Waals surface area contributed by atoms with Crippen LogP contribution in [0.5, 0.6) is 0 Å². The molecule has 1 amide bonds. The van der Waals surface area contributed by atoms with Crippen LogP contribution in [-0.4, -0.2) is 34.1 Å². The maximum Gasteiger partial charge on any atom is 0.283 e. The van der Waals surface area contributed by atoms with Crippen LogP contribution in [-0.2, 0) is 15.8 Å². The van der Waals surface area contributed by atoms with Crippen LogP contribution in [0, 0.1) is 0 Å². The predicted molar refractivity (Wildman–Crippen MR) is 111 cm³/mol. The van der Waals surface area contributed by atoms with Crippen LogP contribution < -0.4 is 4.72 Å². The maximum atomic E-state index is 12.5. The van der Waals surface area contributed by atoms with Gasteiger partial charge in [-0.1, -0.05) is 36.4 Å². The zero-order valence-electron chi connectivity index (χ0n) is 15.7. The number of benzene rings is 1. The zero-order valence-corrected chi connectivity index (χ0v) is 16.5. The Balaban J connectivity index is 1.52. The summed E-state index contributed by atoms with van der Waals surface area (Å²) >= 11 is 0. The summed E-state index contributed by atoms with van der Waals surface area (Å²) < 4.78 is 28.4. The number of pyridine rings is 2. The van der Waals surface area contributed by atoms with E-state index < -0.39 is 15.9 Å². The van der Waals surface area contributed by atoms with Crippen LogP contribution in [0.1, 0.15) is 16.1 Å². The van der Waals surface area contributed by atoms with Gasteiger partial charge in [0, 0.05) is 18.0 Å². The average molecular weight is 419 g/mol. The first-order chi connectivity index (χ1) is 14.5. The highest BCUT2D eigenvalue weighted by Gasteiger charge is 2.18. The van der Waals surface area contributed by atoms with Gasteiger partial charge in [-0.05, 0) is 29.8 Å². The molecule has 0 fully saturated rings. The number of carbonyl (C=O) groups is 1. The van der Waals surface area contributed by atoms with Crippen molar-refractivity contribution in [1.29, 1.82) is 0 Å². The van der Waals surface area contributed by atoms with Crippen LogP contribution in [0.2, 0.25) is 0 Å². The molecule has 4 aromatic rings. The molecule has 0 atom stereocenters. The van der Waals surface area contributed by atoms with Crippen molar-refractivity contribution in [3.8, 4) is 16.9 Å². The highest BCUT2D eigenvalue weighted by Crippen LogP contribution is 2.18. The number of amides is 1.